The molecule has 3 heteroatoms. The lowest BCUT2D eigenvalue weighted by molar-refractivity contribution is -0.144. The third-order valence-electron chi connectivity index (χ3n) is 2.43. The molecule has 0 aromatic carbocycles. The van der Waals surface area contributed by atoms with E-state index in [1.165, 1.54) is 6.42 Å². The van der Waals surface area contributed by atoms with Gasteiger partial charge in [-0.1, -0.05) is 19.8 Å². The third kappa shape index (κ3) is 2.50. The van der Waals surface area contributed by atoms with Crippen molar-refractivity contribution in [1.29, 1.82) is 0 Å². The van der Waals surface area contributed by atoms with E-state index in [0.717, 1.165) is 19.3 Å². The first-order chi connectivity index (χ1) is 4.72. The van der Waals surface area contributed by atoms with Crippen LogP contribution >= 0.6 is 0 Å². The highest BCUT2D eigenvalue weighted by atomic mass is 16.4. The predicted molar refractivity (Wildman–Crippen MR) is 42.4 cm³/mol. The van der Waals surface area contributed by atoms with Crippen LogP contribution in [-0.2, 0) is 4.79 Å². The topological polar surface area (TPSA) is 68.8 Å². The van der Waals surface area contributed by atoms with Gasteiger partial charge in [-0.15, -0.1) is 0 Å². The van der Waals surface area contributed by atoms with E-state index in [9.17, 15) is 4.79 Å². The number of carboxylic acids is 1. The second-order valence-electron chi connectivity index (χ2n) is 3.21. The van der Waals surface area contributed by atoms with E-state index in [1.54, 1.807) is 0 Å². The van der Waals surface area contributed by atoms with Gasteiger partial charge < -0.3 is 10.6 Å². The fraction of sp³-hybridized carbons (Fsp3) is 0.875. The van der Waals surface area contributed by atoms with Gasteiger partial charge in [0.2, 0.25) is 0 Å². The summed E-state index contributed by atoms with van der Waals surface area (Å²) in [6.45, 7) is 2.04. The van der Waals surface area contributed by atoms with Gasteiger partial charge in [-0.05, 0) is 18.8 Å². The first kappa shape index (κ1) is 10.4. The Morgan fingerprint density at radius 2 is 1.91 bits per heavy atom. The molecule has 3 N–H and O–H groups in total. The Kier molecular flexibility index (Phi) is 4.11. The summed E-state index contributed by atoms with van der Waals surface area (Å²) in [6.07, 6.45) is 4.29. The van der Waals surface area contributed by atoms with E-state index in [4.69, 9.17) is 5.11 Å². The summed E-state index contributed by atoms with van der Waals surface area (Å²) in [5.41, 5.74) is 0. The molecule has 0 radical (unpaired) electrons. The average molecular weight is 160 g/mol. The Hall–Kier alpha value is -0.570. The highest BCUT2D eigenvalue weighted by Gasteiger charge is 2.26. The number of hydrogen-bond donors (Lipinski definition) is 1. The van der Waals surface area contributed by atoms with Gasteiger partial charge in [0, 0.05) is 0 Å². The molecule has 0 amide bonds. The van der Waals surface area contributed by atoms with Crippen molar-refractivity contribution in [3.63, 3.8) is 0 Å². The molecule has 0 aliphatic heterocycles. The molecular weight excluding hydrogens is 144 g/mol. The maximum Gasteiger partial charge on any atom is 0.306 e. The second-order valence-corrected chi connectivity index (χ2v) is 3.21. The van der Waals surface area contributed by atoms with E-state index in [0.29, 0.717) is 5.92 Å². The Bertz CT molecular complexity index is 133. The maximum absolute atomic E-state index is 10.6. The molecule has 0 saturated heterocycles. The third-order valence-corrected chi connectivity index (χ3v) is 2.43. The number of carbonyl (C=O) groups is 1. The summed E-state index contributed by atoms with van der Waals surface area (Å²) in [7, 11) is 0. The minimum atomic E-state index is -0.604. The Balaban J connectivity index is 0.000001000. The Morgan fingerprint density at radius 3 is 2.27 bits per heavy atom. The van der Waals surface area contributed by atoms with Gasteiger partial charge in [0.05, 0.1) is 5.92 Å². The predicted octanol–water partition coefficient (Wildman–Crippen LogP) is 1.07. The van der Waals surface area contributed by atoms with Crippen molar-refractivity contribution in [2.45, 2.75) is 32.6 Å². The van der Waals surface area contributed by atoms with E-state index in [2.05, 4.69) is 0 Å². The summed E-state index contributed by atoms with van der Waals surface area (Å²) >= 11 is 0. The monoisotopic (exact) mass is 160 g/mol. The molecule has 2 atom stereocenters. The molecule has 0 aromatic rings. The lowest BCUT2D eigenvalue weighted by Gasteiger charge is -2.24. The van der Waals surface area contributed by atoms with Crippen molar-refractivity contribution in [2.24, 2.45) is 11.8 Å². The van der Waals surface area contributed by atoms with Crippen molar-refractivity contribution in [2.75, 3.05) is 0 Å². The minimum Gasteiger partial charge on any atom is -0.481 e. The van der Waals surface area contributed by atoms with Crippen molar-refractivity contribution >= 4 is 5.97 Å². The summed E-state index contributed by atoms with van der Waals surface area (Å²) in [4.78, 5) is 10.6. The quantitative estimate of drug-likeness (QED) is 0.623. The van der Waals surface area contributed by atoms with Gasteiger partial charge in [0.25, 0.3) is 0 Å². The largest absolute Gasteiger partial charge is 0.481 e. The van der Waals surface area contributed by atoms with Crippen LogP contribution in [0.25, 0.3) is 0 Å². The molecular formula is C8H16O3. The molecule has 2 unspecified atom stereocenters. The van der Waals surface area contributed by atoms with Crippen LogP contribution < -0.4 is 0 Å². The van der Waals surface area contributed by atoms with Crippen LogP contribution in [0.1, 0.15) is 32.6 Å². The highest BCUT2D eigenvalue weighted by molar-refractivity contribution is 5.70. The summed E-state index contributed by atoms with van der Waals surface area (Å²) in [6, 6.07) is 0. The van der Waals surface area contributed by atoms with Crippen LogP contribution in [0.4, 0.5) is 0 Å². The van der Waals surface area contributed by atoms with Crippen LogP contribution in [-0.4, -0.2) is 16.6 Å². The molecule has 0 bridgehead atoms. The Morgan fingerprint density at radius 1 is 1.36 bits per heavy atom. The van der Waals surface area contributed by atoms with Gasteiger partial charge in [0.15, 0.2) is 0 Å². The number of carboxylic acid groups (broad SMARTS) is 1. The van der Waals surface area contributed by atoms with Crippen LogP contribution in [0.15, 0.2) is 0 Å². The number of aliphatic carboxylic acids is 1. The molecule has 66 valence electrons. The number of rotatable bonds is 1. The zero-order chi connectivity index (χ0) is 7.56. The van der Waals surface area contributed by atoms with E-state index in [1.807, 2.05) is 6.92 Å². The van der Waals surface area contributed by atoms with Crippen LogP contribution in [0.2, 0.25) is 0 Å². The fourth-order valence-corrected chi connectivity index (χ4v) is 1.68. The van der Waals surface area contributed by atoms with Gasteiger partial charge in [-0.25, -0.2) is 0 Å². The molecule has 0 spiro atoms. The minimum absolute atomic E-state index is 0. The highest BCUT2D eigenvalue weighted by Crippen LogP contribution is 2.29. The standard InChI is InChI=1S/C8H14O2.H2O/c1-6-4-2-3-5-7(6)8(9)10;/h6-7H,2-5H2,1H3,(H,9,10);1H2. The van der Waals surface area contributed by atoms with Gasteiger partial charge in [-0.3, -0.25) is 4.79 Å². The normalized spacial score (nSPS) is 30.6. The van der Waals surface area contributed by atoms with E-state index >= 15 is 0 Å². The van der Waals surface area contributed by atoms with Crippen molar-refractivity contribution in [3.05, 3.63) is 0 Å². The second kappa shape index (κ2) is 4.34. The van der Waals surface area contributed by atoms with Gasteiger partial charge in [0.1, 0.15) is 0 Å². The summed E-state index contributed by atoms with van der Waals surface area (Å²) in [5, 5.41) is 8.71. The zero-order valence-electron chi connectivity index (χ0n) is 6.84. The Labute approximate surface area is 66.7 Å². The summed E-state index contributed by atoms with van der Waals surface area (Å²) in [5.74, 6) is -0.271. The molecule has 1 aliphatic rings. The number of hydrogen-bond acceptors (Lipinski definition) is 1. The molecule has 1 fully saturated rings. The van der Waals surface area contributed by atoms with Gasteiger partial charge >= 0.3 is 5.97 Å². The smallest absolute Gasteiger partial charge is 0.306 e. The SMILES string of the molecule is CC1CCCCC1C(=O)O.O. The average Bonchev–Trinajstić information content (AvgIpc) is 1.88. The molecule has 0 aromatic heterocycles. The van der Waals surface area contributed by atoms with Crippen molar-refractivity contribution in [1.82, 2.24) is 0 Å². The van der Waals surface area contributed by atoms with E-state index < -0.39 is 5.97 Å². The first-order valence-electron chi connectivity index (χ1n) is 3.94. The van der Waals surface area contributed by atoms with Gasteiger partial charge in [-0.2, -0.15) is 0 Å². The lowest BCUT2D eigenvalue weighted by Crippen LogP contribution is -2.24. The zero-order valence-corrected chi connectivity index (χ0v) is 6.84. The molecule has 0 heterocycles. The first-order valence-corrected chi connectivity index (χ1v) is 3.94. The molecule has 1 aliphatic carbocycles. The van der Waals surface area contributed by atoms with Crippen LogP contribution in [0.3, 0.4) is 0 Å². The fourth-order valence-electron chi connectivity index (χ4n) is 1.68. The van der Waals surface area contributed by atoms with Crippen LogP contribution in [0, 0.1) is 11.8 Å². The molecule has 1 saturated carbocycles. The molecule has 1 rings (SSSR count). The van der Waals surface area contributed by atoms with Crippen molar-refractivity contribution in [3.8, 4) is 0 Å². The molecule has 3 nitrogen and oxygen atoms in total. The summed E-state index contributed by atoms with van der Waals surface area (Å²) < 4.78 is 0. The van der Waals surface area contributed by atoms with Crippen molar-refractivity contribution < 1.29 is 15.4 Å². The van der Waals surface area contributed by atoms with E-state index in [-0.39, 0.29) is 11.4 Å². The molecule has 11 heavy (non-hydrogen) atoms. The lowest BCUT2D eigenvalue weighted by atomic mass is 9.81. The maximum atomic E-state index is 10.6. The van der Waals surface area contributed by atoms with Crippen LogP contribution in [0.5, 0.6) is 0 Å².